The van der Waals surface area contributed by atoms with Crippen LogP contribution in [0.25, 0.3) is 33.3 Å². The first-order chi connectivity index (χ1) is 12.8. The molecular formula is C23H17NO2. The highest BCUT2D eigenvalue weighted by atomic mass is 16.5. The van der Waals surface area contributed by atoms with Crippen molar-refractivity contribution in [3.63, 3.8) is 0 Å². The van der Waals surface area contributed by atoms with Crippen LogP contribution in [0.1, 0.15) is 10.4 Å². The number of rotatable bonds is 3. The van der Waals surface area contributed by atoms with Gasteiger partial charge in [0.2, 0.25) is 0 Å². The van der Waals surface area contributed by atoms with Crippen LogP contribution in [0, 0.1) is 0 Å². The smallest absolute Gasteiger partial charge is 0.337 e. The average Bonchev–Trinajstić information content (AvgIpc) is 2.73. The number of pyridine rings is 1. The second-order valence-corrected chi connectivity index (χ2v) is 6.01. The molecule has 126 valence electrons. The Morgan fingerprint density at radius 3 is 2.23 bits per heavy atom. The van der Waals surface area contributed by atoms with Gasteiger partial charge in [-0.1, -0.05) is 60.7 Å². The summed E-state index contributed by atoms with van der Waals surface area (Å²) >= 11 is 0. The van der Waals surface area contributed by atoms with Crippen molar-refractivity contribution in [2.24, 2.45) is 0 Å². The maximum absolute atomic E-state index is 11.7. The monoisotopic (exact) mass is 339 g/mol. The topological polar surface area (TPSA) is 39.2 Å². The molecule has 0 atom stereocenters. The molecule has 3 heteroatoms. The lowest BCUT2D eigenvalue weighted by Crippen LogP contribution is -2.00. The molecule has 3 nitrogen and oxygen atoms in total. The Kier molecular flexibility index (Phi) is 4.20. The van der Waals surface area contributed by atoms with Crippen molar-refractivity contribution in [3.8, 4) is 22.4 Å². The summed E-state index contributed by atoms with van der Waals surface area (Å²) in [5.74, 6) is -0.332. The van der Waals surface area contributed by atoms with Crippen molar-refractivity contribution in [2.75, 3.05) is 7.11 Å². The third-order valence-corrected chi connectivity index (χ3v) is 4.40. The van der Waals surface area contributed by atoms with E-state index in [-0.39, 0.29) is 5.97 Å². The summed E-state index contributed by atoms with van der Waals surface area (Å²) in [6.07, 6.45) is 0. The third kappa shape index (κ3) is 2.95. The van der Waals surface area contributed by atoms with Crippen LogP contribution in [0.3, 0.4) is 0 Å². The first-order valence-corrected chi connectivity index (χ1v) is 8.40. The van der Waals surface area contributed by atoms with E-state index in [4.69, 9.17) is 9.72 Å². The molecule has 4 aromatic rings. The third-order valence-electron chi connectivity index (χ3n) is 4.40. The number of fused-ring (bicyclic) bond motifs is 1. The fourth-order valence-electron chi connectivity index (χ4n) is 3.07. The number of esters is 1. The Labute approximate surface area is 151 Å². The molecule has 0 amide bonds. The molecule has 0 N–H and O–H groups in total. The molecule has 0 radical (unpaired) electrons. The van der Waals surface area contributed by atoms with Gasteiger partial charge in [-0.3, -0.25) is 0 Å². The van der Waals surface area contributed by atoms with E-state index in [2.05, 4.69) is 24.3 Å². The fourth-order valence-corrected chi connectivity index (χ4v) is 3.07. The zero-order valence-electron chi connectivity index (χ0n) is 14.3. The first-order valence-electron chi connectivity index (χ1n) is 8.40. The molecule has 0 saturated heterocycles. The molecule has 4 rings (SSSR count). The Balaban J connectivity index is 1.89. The molecular weight excluding hydrogens is 322 g/mol. The highest BCUT2D eigenvalue weighted by Crippen LogP contribution is 2.32. The molecule has 0 saturated carbocycles. The van der Waals surface area contributed by atoms with Gasteiger partial charge in [-0.25, -0.2) is 9.78 Å². The number of carbonyl (C=O) groups excluding carboxylic acids is 1. The van der Waals surface area contributed by atoms with Crippen LogP contribution in [-0.2, 0) is 4.74 Å². The van der Waals surface area contributed by atoms with Crippen LogP contribution >= 0.6 is 0 Å². The molecule has 0 unspecified atom stereocenters. The minimum atomic E-state index is -0.332. The van der Waals surface area contributed by atoms with E-state index in [1.807, 2.05) is 48.5 Å². The van der Waals surface area contributed by atoms with E-state index in [1.54, 1.807) is 12.1 Å². The normalized spacial score (nSPS) is 10.7. The molecule has 0 spiro atoms. The quantitative estimate of drug-likeness (QED) is 0.472. The van der Waals surface area contributed by atoms with Crippen molar-refractivity contribution in [3.05, 3.63) is 90.5 Å². The Bertz CT molecular complexity index is 1070. The standard InChI is InChI=1S/C23H17NO2/c1-26-23(25)18-13-11-16(12-14-18)20-15-22(17-7-3-2-4-8-17)24-21-10-6-5-9-19(20)21/h2-15H,1H3. The maximum Gasteiger partial charge on any atom is 0.337 e. The highest BCUT2D eigenvalue weighted by Gasteiger charge is 2.11. The molecule has 26 heavy (non-hydrogen) atoms. The Morgan fingerprint density at radius 2 is 1.50 bits per heavy atom. The number of aromatic nitrogens is 1. The minimum absolute atomic E-state index is 0.332. The highest BCUT2D eigenvalue weighted by molar-refractivity contribution is 5.97. The van der Waals surface area contributed by atoms with Crippen molar-refractivity contribution in [1.29, 1.82) is 0 Å². The van der Waals surface area contributed by atoms with E-state index < -0.39 is 0 Å². The maximum atomic E-state index is 11.7. The molecule has 0 aliphatic rings. The van der Waals surface area contributed by atoms with Gasteiger partial charge >= 0.3 is 5.97 Å². The molecule has 1 heterocycles. The number of hydrogen-bond acceptors (Lipinski definition) is 3. The van der Waals surface area contributed by atoms with Crippen LogP contribution in [0.5, 0.6) is 0 Å². The van der Waals surface area contributed by atoms with Crippen LogP contribution in [-0.4, -0.2) is 18.1 Å². The lowest BCUT2D eigenvalue weighted by Gasteiger charge is -2.11. The predicted octanol–water partition coefficient (Wildman–Crippen LogP) is 5.36. The van der Waals surface area contributed by atoms with Gasteiger partial charge in [-0.15, -0.1) is 0 Å². The summed E-state index contributed by atoms with van der Waals surface area (Å²) in [6.45, 7) is 0. The molecule has 1 aromatic heterocycles. The van der Waals surface area contributed by atoms with Crippen LogP contribution < -0.4 is 0 Å². The van der Waals surface area contributed by atoms with Gasteiger partial charge < -0.3 is 4.74 Å². The largest absolute Gasteiger partial charge is 0.465 e. The number of methoxy groups -OCH3 is 1. The van der Waals surface area contributed by atoms with Gasteiger partial charge in [0.1, 0.15) is 0 Å². The number of hydrogen-bond donors (Lipinski definition) is 0. The van der Waals surface area contributed by atoms with Gasteiger partial charge in [0.25, 0.3) is 0 Å². The zero-order valence-corrected chi connectivity index (χ0v) is 14.3. The van der Waals surface area contributed by atoms with Gasteiger partial charge in [0.15, 0.2) is 0 Å². The second-order valence-electron chi connectivity index (χ2n) is 6.01. The van der Waals surface area contributed by atoms with Crippen LogP contribution in [0.2, 0.25) is 0 Å². The molecule has 3 aromatic carbocycles. The molecule has 0 aliphatic carbocycles. The number of ether oxygens (including phenoxy) is 1. The van der Waals surface area contributed by atoms with Crippen molar-refractivity contribution >= 4 is 16.9 Å². The molecule has 0 fully saturated rings. The molecule has 0 bridgehead atoms. The lowest BCUT2D eigenvalue weighted by atomic mass is 9.97. The fraction of sp³-hybridized carbons (Fsp3) is 0.0435. The van der Waals surface area contributed by atoms with Crippen LogP contribution in [0.4, 0.5) is 0 Å². The number of carbonyl (C=O) groups is 1. The summed E-state index contributed by atoms with van der Waals surface area (Å²) in [7, 11) is 1.39. The van der Waals surface area contributed by atoms with Gasteiger partial charge in [0.05, 0.1) is 23.9 Å². The lowest BCUT2D eigenvalue weighted by molar-refractivity contribution is 0.0601. The van der Waals surface area contributed by atoms with E-state index in [0.717, 1.165) is 33.3 Å². The second kappa shape index (κ2) is 6.81. The first kappa shape index (κ1) is 16.0. The summed E-state index contributed by atoms with van der Waals surface area (Å²) in [6, 6.07) is 27.8. The van der Waals surface area contributed by atoms with E-state index in [9.17, 15) is 4.79 Å². The van der Waals surface area contributed by atoms with Crippen molar-refractivity contribution in [1.82, 2.24) is 4.98 Å². The van der Waals surface area contributed by atoms with Crippen LogP contribution in [0.15, 0.2) is 84.9 Å². The predicted molar refractivity (Wildman–Crippen MR) is 104 cm³/mol. The summed E-state index contributed by atoms with van der Waals surface area (Å²) in [5, 5.41) is 1.08. The van der Waals surface area contributed by atoms with E-state index >= 15 is 0 Å². The number of benzene rings is 3. The summed E-state index contributed by atoms with van der Waals surface area (Å²) in [5.41, 5.74) is 5.61. The van der Waals surface area contributed by atoms with E-state index in [1.165, 1.54) is 7.11 Å². The Hall–Kier alpha value is -3.46. The summed E-state index contributed by atoms with van der Waals surface area (Å²) < 4.78 is 4.78. The average molecular weight is 339 g/mol. The van der Waals surface area contributed by atoms with Gasteiger partial charge in [-0.05, 0) is 35.4 Å². The summed E-state index contributed by atoms with van der Waals surface area (Å²) in [4.78, 5) is 16.5. The van der Waals surface area contributed by atoms with Crippen molar-refractivity contribution < 1.29 is 9.53 Å². The molecule has 0 aliphatic heterocycles. The number of para-hydroxylation sites is 1. The minimum Gasteiger partial charge on any atom is -0.465 e. The Morgan fingerprint density at radius 1 is 0.808 bits per heavy atom. The van der Waals surface area contributed by atoms with Crippen molar-refractivity contribution in [2.45, 2.75) is 0 Å². The van der Waals surface area contributed by atoms with E-state index in [0.29, 0.717) is 5.56 Å². The van der Waals surface area contributed by atoms with Gasteiger partial charge in [0, 0.05) is 10.9 Å². The SMILES string of the molecule is COC(=O)c1ccc(-c2cc(-c3ccccc3)nc3ccccc23)cc1. The number of nitrogens with zero attached hydrogens (tertiary/aromatic N) is 1. The zero-order chi connectivity index (χ0) is 17.9. The van der Waals surface area contributed by atoms with Gasteiger partial charge in [-0.2, -0.15) is 0 Å².